The summed E-state index contributed by atoms with van der Waals surface area (Å²) in [6, 6.07) is 0.349. The summed E-state index contributed by atoms with van der Waals surface area (Å²) in [7, 11) is 0. The second-order valence-corrected chi connectivity index (χ2v) is 5.18. The van der Waals surface area contributed by atoms with E-state index in [2.05, 4.69) is 0 Å². The molecule has 0 rings (SSSR count). The topological polar surface area (TPSA) is 63.4 Å². The van der Waals surface area contributed by atoms with Crippen LogP contribution in [0.4, 0.5) is 0 Å². The summed E-state index contributed by atoms with van der Waals surface area (Å²) in [6.45, 7) is 3.96. The number of amides is 2. The fourth-order valence-corrected chi connectivity index (χ4v) is 1.99. The summed E-state index contributed by atoms with van der Waals surface area (Å²) in [5.41, 5.74) is 5.68. The molecule has 0 aromatic rings. The van der Waals surface area contributed by atoms with Crippen LogP contribution in [0.1, 0.15) is 65.2 Å². The summed E-state index contributed by atoms with van der Waals surface area (Å²) < 4.78 is 0. The molecule has 0 aromatic heterocycles. The lowest BCUT2D eigenvalue weighted by Gasteiger charge is -2.18. The van der Waals surface area contributed by atoms with Crippen LogP contribution >= 0.6 is 0 Å². The Bertz CT molecular complexity index is 212. The van der Waals surface area contributed by atoms with Crippen molar-refractivity contribution in [1.82, 2.24) is 4.90 Å². The molecule has 0 fully saturated rings. The molecule has 4 heteroatoms. The third kappa shape index (κ3) is 9.16. The highest BCUT2D eigenvalue weighted by atomic mass is 16.2. The molecular formula is C14H28N2O2. The first kappa shape index (κ1) is 17.1. The van der Waals surface area contributed by atoms with Crippen molar-refractivity contribution in [3.8, 4) is 0 Å². The van der Waals surface area contributed by atoms with E-state index in [9.17, 15) is 9.59 Å². The predicted octanol–water partition coefficient (Wildman–Crippen LogP) is 2.46. The van der Waals surface area contributed by atoms with Gasteiger partial charge in [0.1, 0.15) is 0 Å². The van der Waals surface area contributed by atoms with Gasteiger partial charge in [-0.2, -0.15) is 0 Å². The summed E-state index contributed by atoms with van der Waals surface area (Å²) in [6.07, 6.45) is 10.4. The van der Waals surface area contributed by atoms with Crippen LogP contribution in [0, 0.1) is 0 Å². The van der Waals surface area contributed by atoms with Crippen molar-refractivity contribution in [3.63, 3.8) is 0 Å². The highest BCUT2D eigenvalue weighted by Crippen LogP contribution is 2.11. The fraction of sp³-hybridized carbons (Fsp3) is 0.857. The molecule has 0 heterocycles. The first-order chi connectivity index (χ1) is 8.61. The number of nitrogens with two attached hydrogens (primary N) is 1. The maximum absolute atomic E-state index is 10.5. The van der Waals surface area contributed by atoms with Crippen LogP contribution in [0.3, 0.4) is 0 Å². The number of imide groups is 1. The minimum Gasteiger partial charge on any atom is -0.328 e. The van der Waals surface area contributed by atoms with E-state index in [1.165, 1.54) is 37.0 Å². The lowest BCUT2D eigenvalue weighted by Crippen LogP contribution is -2.30. The maximum Gasteiger partial charge on any atom is 0.216 e. The summed E-state index contributed by atoms with van der Waals surface area (Å²) in [5, 5.41) is 0. The Morgan fingerprint density at radius 3 is 1.78 bits per heavy atom. The van der Waals surface area contributed by atoms with E-state index in [0.717, 1.165) is 19.3 Å². The van der Waals surface area contributed by atoms with Crippen LogP contribution in [0.25, 0.3) is 0 Å². The van der Waals surface area contributed by atoms with Crippen LogP contribution in [-0.4, -0.2) is 29.8 Å². The van der Waals surface area contributed by atoms with Gasteiger partial charge >= 0.3 is 0 Å². The molecule has 0 aromatic carbocycles. The standard InChI is InChI=1S/C14H28N2O2/c1-13(15)9-7-5-3-4-6-8-10-14(2)16(11-17)12-18/h11-14H,3-10,15H2,1-2H3. The van der Waals surface area contributed by atoms with E-state index in [0.29, 0.717) is 18.9 Å². The van der Waals surface area contributed by atoms with Crippen LogP contribution in [0.2, 0.25) is 0 Å². The predicted molar refractivity (Wildman–Crippen MR) is 74.0 cm³/mol. The molecule has 0 aliphatic rings. The first-order valence-corrected chi connectivity index (χ1v) is 7.05. The molecule has 0 radical (unpaired) electrons. The van der Waals surface area contributed by atoms with E-state index in [-0.39, 0.29) is 6.04 Å². The monoisotopic (exact) mass is 256 g/mol. The average molecular weight is 256 g/mol. The number of nitrogens with zero attached hydrogens (tertiary/aromatic N) is 1. The minimum absolute atomic E-state index is 0.0260. The third-order valence-electron chi connectivity index (χ3n) is 3.28. The van der Waals surface area contributed by atoms with Crippen LogP contribution in [-0.2, 0) is 9.59 Å². The molecule has 18 heavy (non-hydrogen) atoms. The van der Waals surface area contributed by atoms with Gasteiger partial charge in [-0.25, -0.2) is 0 Å². The molecule has 0 aliphatic carbocycles. The fourth-order valence-electron chi connectivity index (χ4n) is 1.99. The highest BCUT2D eigenvalue weighted by molar-refractivity contribution is 5.68. The Morgan fingerprint density at radius 2 is 1.33 bits per heavy atom. The Kier molecular flexibility index (Phi) is 10.6. The molecule has 2 amide bonds. The molecule has 106 valence electrons. The van der Waals surface area contributed by atoms with Crippen LogP contribution < -0.4 is 5.73 Å². The van der Waals surface area contributed by atoms with Gasteiger partial charge in [-0.05, 0) is 26.7 Å². The van der Waals surface area contributed by atoms with Crippen molar-refractivity contribution >= 4 is 12.8 Å². The van der Waals surface area contributed by atoms with Crippen LogP contribution in [0.15, 0.2) is 0 Å². The van der Waals surface area contributed by atoms with E-state index < -0.39 is 0 Å². The van der Waals surface area contributed by atoms with Crippen molar-refractivity contribution in [2.45, 2.75) is 77.3 Å². The van der Waals surface area contributed by atoms with E-state index >= 15 is 0 Å². The molecule has 2 atom stereocenters. The molecule has 0 aliphatic heterocycles. The Morgan fingerprint density at radius 1 is 0.889 bits per heavy atom. The Labute approximate surface area is 111 Å². The Balaban J connectivity index is 3.34. The molecule has 0 spiro atoms. The number of hydrogen-bond donors (Lipinski definition) is 1. The zero-order valence-electron chi connectivity index (χ0n) is 11.8. The largest absolute Gasteiger partial charge is 0.328 e. The molecule has 0 saturated carbocycles. The Hall–Kier alpha value is -0.900. The molecule has 4 nitrogen and oxygen atoms in total. The molecule has 2 N–H and O–H groups in total. The number of carbonyl (C=O) groups excluding carboxylic acids is 2. The molecular weight excluding hydrogens is 228 g/mol. The zero-order valence-corrected chi connectivity index (χ0v) is 11.8. The van der Waals surface area contributed by atoms with Crippen molar-refractivity contribution in [2.24, 2.45) is 5.73 Å². The second kappa shape index (κ2) is 11.2. The average Bonchev–Trinajstić information content (AvgIpc) is 2.33. The second-order valence-electron chi connectivity index (χ2n) is 5.18. The van der Waals surface area contributed by atoms with Gasteiger partial charge in [0.05, 0.1) is 0 Å². The lowest BCUT2D eigenvalue weighted by molar-refractivity contribution is -0.131. The summed E-state index contributed by atoms with van der Waals surface area (Å²) >= 11 is 0. The SMILES string of the molecule is CC(N)CCCCCCCCC(C)N(C=O)C=O. The van der Waals surface area contributed by atoms with Crippen molar-refractivity contribution in [1.29, 1.82) is 0 Å². The molecule has 0 saturated heterocycles. The highest BCUT2D eigenvalue weighted by Gasteiger charge is 2.09. The van der Waals surface area contributed by atoms with Gasteiger partial charge in [-0.15, -0.1) is 0 Å². The normalized spacial score (nSPS) is 13.9. The van der Waals surface area contributed by atoms with E-state index in [4.69, 9.17) is 5.73 Å². The smallest absolute Gasteiger partial charge is 0.216 e. The number of rotatable bonds is 12. The van der Waals surface area contributed by atoms with Gasteiger partial charge in [-0.3, -0.25) is 14.5 Å². The number of hydrogen-bond acceptors (Lipinski definition) is 3. The van der Waals surface area contributed by atoms with Crippen molar-refractivity contribution < 1.29 is 9.59 Å². The van der Waals surface area contributed by atoms with E-state index in [1.54, 1.807) is 0 Å². The zero-order chi connectivity index (χ0) is 13.8. The van der Waals surface area contributed by atoms with E-state index in [1.807, 2.05) is 13.8 Å². The van der Waals surface area contributed by atoms with Gasteiger partial charge in [0, 0.05) is 12.1 Å². The van der Waals surface area contributed by atoms with Crippen molar-refractivity contribution in [3.05, 3.63) is 0 Å². The summed E-state index contributed by atoms with van der Waals surface area (Å²) in [5.74, 6) is 0. The van der Waals surface area contributed by atoms with Gasteiger partial charge in [-0.1, -0.05) is 38.5 Å². The molecule has 2 unspecified atom stereocenters. The summed E-state index contributed by atoms with van der Waals surface area (Å²) in [4.78, 5) is 22.2. The minimum atomic E-state index is 0.0260. The third-order valence-corrected chi connectivity index (χ3v) is 3.28. The van der Waals surface area contributed by atoms with Gasteiger partial charge in [0.25, 0.3) is 0 Å². The maximum atomic E-state index is 10.5. The quantitative estimate of drug-likeness (QED) is 0.431. The lowest BCUT2D eigenvalue weighted by atomic mass is 10.0. The molecule has 0 bridgehead atoms. The number of carbonyl (C=O) groups is 2. The van der Waals surface area contributed by atoms with Gasteiger partial charge in [0.15, 0.2) is 0 Å². The van der Waals surface area contributed by atoms with Gasteiger partial charge < -0.3 is 5.73 Å². The van der Waals surface area contributed by atoms with Crippen molar-refractivity contribution in [2.75, 3.05) is 0 Å². The van der Waals surface area contributed by atoms with Gasteiger partial charge in [0.2, 0.25) is 12.8 Å². The first-order valence-electron chi connectivity index (χ1n) is 7.05. The van der Waals surface area contributed by atoms with Crippen LogP contribution in [0.5, 0.6) is 0 Å². The number of unbranched alkanes of at least 4 members (excludes halogenated alkanes) is 5.